The number of aryl methyl sites for hydroxylation is 2. The van der Waals surface area contributed by atoms with E-state index in [1.165, 1.54) is 11.1 Å². The molecule has 0 spiro atoms. The molecule has 18 heavy (non-hydrogen) atoms. The van der Waals surface area contributed by atoms with Crippen molar-refractivity contribution in [1.29, 1.82) is 0 Å². The Kier molecular flexibility index (Phi) is 4.26. The summed E-state index contributed by atoms with van der Waals surface area (Å²) >= 11 is 1.75. The Morgan fingerprint density at radius 3 is 2.33 bits per heavy atom. The normalized spacial score (nSPS) is 10.6. The maximum atomic E-state index is 11.1. The molecule has 0 aliphatic heterocycles. The van der Waals surface area contributed by atoms with Gasteiger partial charge in [-0.25, -0.2) is 0 Å². The number of benzene rings is 1. The summed E-state index contributed by atoms with van der Waals surface area (Å²) in [7, 11) is 0. The van der Waals surface area contributed by atoms with E-state index >= 15 is 0 Å². The second kappa shape index (κ2) is 5.91. The van der Waals surface area contributed by atoms with Gasteiger partial charge in [-0.2, -0.15) is 0 Å². The van der Waals surface area contributed by atoms with E-state index in [0.29, 0.717) is 0 Å². The topological polar surface area (TPSA) is 32.9 Å². The average Bonchev–Trinajstić information content (AvgIpc) is 2.38. The summed E-state index contributed by atoms with van der Waals surface area (Å²) in [6.07, 6.45) is 1.08. The Hall–Kier alpha value is -1.48. The molecule has 3 heteroatoms. The number of rotatable bonds is 4. The van der Waals surface area contributed by atoms with E-state index in [2.05, 4.69) is 36.2 Å². The van der Waals surface area contributed by atoms with E-state index in [4.69, 9.17) is 0 Å². The zero-order valence-electron chi connectivity index (χ0n) is 10.7. The maximum Gasteiger partial charge on any atom is 0.248 e. The van der Waals surface area contributed by atoms with E-state index in [1.807, 2.05) is 13.0 Å². The standard InChI is InChI=1S/C15H17NOS/c1-3-12-4-6-13(7-5-12)10-18-14-8-9-15(17)16-11(14)2/h4-9H,3,10H2,1-2H3,(H,16,17). The molecule has 1 aromatic heterocycles. The van der Waals surface area contributed by atoms with Crippen LogP contribution in [0.3, 0.4) is 0 Å². The number of hydrogen-bond acceptors (Lipinski definition) is 2. The van der Waals surface area contributed by atoms with Crippen LogP contribution in [0, 0.1) is 6.92 Å². The summed E-state index contributed by atoms with van der Waals surface area (Å²) in [5.74, 6) is 0.927. The van der Waals surface area contributed by atoms with Crippen molar-refractivity contribution >= 4 is 11.8 Å². The fourth-order valence-electron chi connectivity index (χ4n) is 1.75. The quantitative estimate of drug-likeness (QED) is 0.852. The van der Waals surface area contributed by atoms with Gasteiger partial charge in [0.15, 0.2) is 0 Å². The van der Waals surface area contributed by atoms with Gasteiger partial charge in [-0.3, -0.25) is 4.79 Å². The van der Waals surface area contributed by atoms with Crippen LogP contribution in [0.2, 0.25) is 0 Å². The number of hydrogen-bond donors (Lipinski definition) is 1. The first-order valence-corrected chi connectivity index (χ1v) is 7.08. The fraction of sp³-hybridized carbons (Fsp3) is 0.267. The Morgan fingerprint density at radius 1 is 1.06 bits per heavy atom. The molecule has 2 nitrogen and oxygen atoms in total. The van der Waals surface area contributed by atoms with Crippen molar-refractivity contribution in [2.45, 2.75) is 30.9 Å². The summed E-state index contributed by atoms with van der Waals surface area (Å²) < 4.78 is 0. The van der Waals surface area contributed by atoms with E-state index < -0.39 is 0 Å². The van der Waals surface area contributed by atoms with Gasteiger partial charge in [-0.15, -0.1) is 11.8 Å². The molecule has 0 atom stereocenters. The van der Waals surface area contributed by atoms with Crippen molar-refractivity contribution < 1.29 is 0 Å². The van der Waals surface area contributed by atoms with Gasteiger partial charge in [-0.1, -0.05) is 31.2 Å². The van der Waals surface area contributed by atoms with Gasteiger partial charge < -0.3 is 4.98 Å². The van der Waals surface area contributed by atoms with Crippen LogP contribution in [-0.4, -0.2) is 4.98 Å². The second-order valence-corrected chi connectivity index (χ2v) is 5.29. The molecule has 94 valence electrons. The molecule has 0 amide bonds. The maximum absolute atomic E-state index is 11.1. The minimum absolute atomic E-state index is 0.0378. The minimum atomic E-state index is -0.0378. The van der Waals surface area contributed by atoms with Crippen LogP contribution < -0.4 is 5.56 Å². The molecule has 0 fully saturated rings. The number of nitrogens with one attached hydrogen (secondary N) is 1. The monoisotopic (exact) mass is 259 g/mol. The Morgan fingerprint density at radius 2 is 1.72 bits per heavy atom. The van der Waals surface area contributed by atoms with Gasteiger partial charge in [-0.05, 0) is 30.5 Å². The summed E-state index contributed by atoms with van der Waals surface area (Å²) in [5, 5.41) is 0. The highest BCUT2D eigenvalue weighted by Crippen LogP contribution is 2.24. The number of aromatic amines is 1. The molecule has 0 aliphatic rings. The van der Waals surface area contributed by atoms with Crippen molar-refractivity contribution in [3.05, 3.63) is 63.6 Å². The first-order chi connectivity index (χ1) is 8.69. The van der Waals surface area contributed by atoms with Crippen molar-refractivity contribution in [3.8, 4) is 0 Å². The Balaban J connectivity index is 2.04. The van der Waals surface area contributed by atoms with Crippen LogP contribution in [0.5, 0.6) is 0 Å². The van der Waals surface area contributed by atoms with E-state index in [1.54, 1.807) is 17.8 Å². The average molecular weight is 259 g/mol. The number of aromatic nitrogens is 1. The van der Waals surface area contributed by atoms with Crippen molar-refractivity contribution in [3.63, 3.8) is 0 Å². The van der Waals surface area contributed by atoms with Crippen LogP contribution in [0.15, 0.2) is 46.1 Å². The summed E-state index contributed by atoms with van der Waals surface area (Å²) in [6.45, 7) is 4.09. The molecule has 1 aromatic carbocycles. The predicted molar refractivity (Wildman–Crippen MR) is 77.2 cm³/mol. The minimum Gasteiger partial charge on any atom is -0.325 e. The summed E-state index contributed by atoms with van der Waals surface area (Å²) in [4.78, 5) is 15.1. The third-order valence-corrected chi connectivity index (χ3v) is 4.12. The zero-order chi connectivity index (χ0) is 13.0. The largest absolute Gasteiger partial charge is 0.325 e. The highest BCUT2D eigenvalue weighted by molar-refractivity contribution is 7.98. The third-order valence-electron chi connectivity index (χ3n) is 2.89. The molecule has 1 heterocycles. The van der Waals surface area contributed by atoms with Gasteiger partial charge in [0.05, 0.1) is 0 Å². The first-order valence-electron chi connectivity index (χ1n) is 6.09. The lowest BCUT2D eigenvalue weighted by molar-refractivity contribution is 1.07. The smallest absolute Gasteiger partial charge is 0.248 e. The van der Waals surface area contributed by atoms with E-state index in [0.717, 1.165) is 22.8 Å². The van der Waals surface area contributed by atoms with Crippen LogP contribution in [0.1, 0.15) is 23.7 Å². The lowest BCUT2D eigenvalue weighted by Crippen LogP contribution is -2.05. The molecule has 0 aliphatic carbocycles. The van der Waals surface area contributed by atoms with Crippen molar-refractivity contribution in [2.24, 2.45) is 0 Å². The van der Waals surface area contributed by atoms with E-state index in [-0.39, 0.29) is 5.56 Å². The highest BCUT2D eigenvalue weighted by atomic mass is 32.2. The molecule has 0 radical (unpaired) electrons. The van der Waals surface area contributed by atoms with Gasteiger partial charge in [0.1, 0.15) is 0 Å². The molecular weight excluding hydrogens is 242 g/mol. The molecule has 0 bridgehead atoms. The lowest BCUT2D eigenvalue weighted by atomic mass is 10.1. The SMILES string of the molecule is CCc1ccc(CSc2ccc(=O)[nH]c2C)cc1. The van der Waals surface area contributed by atoms with Gasteiger partial charge in [0, 0.05) is 22.4 Å². The van der Waals surface area contributed by atoms with Gasteiger partial charge in [0.25, 0.3) is 0 Å². The molecule has 2 aromatic rings. The predicted octanol–water partition coefficient (Wildman–Crippen LogP) is 3.54. The lowest BCUT2D eigenvalue weighted by Gasteiger charge is -2.05. The molecule has 0 saturated heterocycles. The first kappa shape index (κ1) is 13.0. The molecular formula is C15H17NOS. The number of H-pyrrole nitrogens is 1. The van der Waals surface area contributed by atoms with Crippen LogP contribution in [-0.2, 0) is 12.2 Å². The molecule has 0 unspecified atom stereocenters. The van der Waals surface area contributed by atoms with Gasteiger partial charge in [0.2, 0.25) is 5.56 Å². The van der Waals surface area contributed by atoms with Gasteiger partial charge >= 0.3 is 0 Å². The van der Waals surface area contributed by atoms with E-state index in [9.17, 15) is 4.79 Å². The number of thioether (sulfide) groups is 1. The fourth-order valence-corrected chi connectivity index (χ4v) is 2.70. The number of pyridine rings is 1. The molecule has 0 saturated carbocycles. The molecule has 2 rings (SSSR count). The third kappa shape index (κ3) is 3.26. The van der Waals surface area contributed by atoms with Crippen LogP contribution in [0.4, 0.5) is 0 Å². The van der Waals surface area contributed by atoms with Crippen molar-refractivity contribution in [2.75, 3.05) is 0 Å². The Labute approximate surface area is 111 Å². The highest BCUT2D eigenvalue weighted by Gasteiger charge is 2.01. The second-order valence-electron chi connectivity index (χ2n) is 4.27. The molecule has 1 N–H and O–H groups in total. The summed E-state index contributed by atoms with van der Waals surface area (Å²) in [5.41, 5.74) is 3.58. The Bertz CT molecular complexity index is 572. The van der Waals surface area contributed by atoms with Crippen molar-refractivity contribution in [1.82, 2.24) is 4.98 Å². The van der Waals surface area contributed by atoms with Crippen LogP contribution >= 0.6 is 11.8 Å². The summed E-state index contributed by atoms with van der Waals surface area (Å²) in [6, 6.07) is 12.2. The zero-order valence-corrected chi connectivity index (χ0v) is 11.5. The van der Waals surface area contributed by atoms with Crippen LogP contribution in [0.25, 0.3) is 0 Å².